The number of nitrogen functional groups attached to an aromatic ring is 1. The Bertz CT molecular complexity index is 701. The number of hydrogen-bond donors (Lipinski definition) is 3. The number of nitrogens with one attached hydrogen (secondary N) is 2. The van der Waals surface area contributed by atoms with Crippen LogP contribution in [0.15, 0.2) is 12.1 Å². The number of aryl methyl sites for hydroxylation is 1. The molecule has 0 aromatic heterocycles. The van der Waals surface area contributed by atoms with Crippen LogP contribution in [-0.2, 0) is 16.3 Å². The second-order valence-electron chi connectivity index (χ2n) is 7.17. The maximum atomic E-state index is 11.1. The molecule has 1 aliphatic heterocycles. The van der Waals surface area contributed by atoms with Crippen LogP contribution in [0.5, 0.6) is 5.75 Å². The van der Waals surface area contributed by atoms with Crippen LogP contribution in [0.1, 0.15) is 25.3 Å². The van der Waals surface area contributed by atoms with Crippen LogP contribution in [0.4, 0.5) is 11.4 Å². The maximum Gasteiger partial charge on any atom is 0.148 e. The molecule has 0 amide bonds. The molecule has 0 unspecified atom stereocenters. The van der Waals surface area contributed by atoms with Crippen molar-refractivity contribution in [3.63, 3.8) is 0 Å². The Morgan fingerprint density at radius 3 is 2.52 bits per heavy atom. The third-order valence-corrected chi connectivity index (χ3v) is 5.98. The number of ether oxygens (including phenoxy) is 1. The fourth-order valence-electron chi connectivity index (χ4n) is 3.46. The summed E-state index contributed by atoms with van der Waals surface area (Å²) in [7, 11) is -1.23. The van der Waals surface area contributed by atoms with Crippen LogP contribution in [0, 0.1) is 0 Å². The van der Waals surface area contributed by atoms with Gasteiger partial charge in [-0.05, 0) is 30.9 Å². The number of methoxy groups -OCH3 is 1. The van der Waals surface area contributed by atoms with Gasteiger partial charge in [-0.3, -0.25) is 0 Å². The topological polar surface area (TPSA) is 96.7 Å². The Balaban J connectivity index is 1.77. The van der Waals surface area contributed by atoms with E-state index >= 15 is 0 Å². The first-order chi connectivity index (χ1) is 12.8. The molecule has 27 heavy (non-hydrogen) atoms. The SMILES string of the molecule is CCc1cc(N)c(OC)cc1N1CCC(NCCNCCS(C)(=O)=O)CC1. The van der Waals surface area contributed by atoms with E-state index in [0.29, 0.717) is 18.3 Å². The smallest absolute Gasteiger partial charge is 0.148 e. The predicted octanol–water partition coefficient (Wildman–Crippen LogP) is 1.03. The van der Waals surface area contributed by atoms with E-state index in [4.69, 9.17) is 10.5 Å². The van der Waals surface area contributed by atoms with E-state index in [2.05, 4.69) is 28.5 Å². The fourth-order valence-corrected chi connectivity index (χ4v) is 3.97. The van der Waals surface area contributed by atoms with Gasteiger partial charge in [0.1, 0.15) is 15.6 Å². The van der Waals surface area contributed by atoms with Crippen molar-refractivity contribution in [1.82, 2.24) is 10.6 Å². The van der Waals surface area contributed by atoms with Crippen LogP contribution in [0.2, 0.25) is 0 Å². The summed E-state index contributed by atoms with van der Waals surface area (Å²) >= 11 is 0. The molecule has 0 atom stereocenters. The molecule has 1 aromatic carbocycles. The lowest BCUT2D eigenvalue weighted by Gasteiger charge is -2.35. The van der Waals surface area contributed by atoms with Gasteiger partial charge < -0.3 is 26.0 Å². The van der Waals surface area contributed by atoms with Gasteiger partial charge in [0.15, 0.2) is 0 Å². The number of anilines is 2. The molecule has 0 radical (unpaired) electrons. The van der Waals surface area contributed by atoms with Gasteiger partial charge >= 0.3 is 0 Å². The fraction of sp³-hybridized carbons (Fsp3) is 0.684. The second kappa shape index (κ2) is 10.1. The van der Waals surface area contributed by atoms with Gasteiger partial charge in [-0.15, -0.1) is 0 Å². The molecular weight excluding hydrogens is 364 g/mol. The van der Waals surface area contributed by atoms with Crippen LogP contribution in [0.3, 0.4) is 0 Å². The highest BCUT2D eigenvalue weighted by molar-refractivity contribution is 7.90. The number of sulfone groups is 1. The van der Waals surface area contributed by atoms with E-state index in [9.17, 15) is 8.42 Å². The summed E-state index contributed by atoms with van der Waals surface area (Å²) in [6.45, 7) is 6.29. The Kier molecular flexibility index (Phi) is 8.19. The minimum Gasteiger partial charge on any atom is -0.495 e. The Morgan fingerprint density at radius 1 is 1.22 bits per heavy atom. The second-order valence-corrected chi connectivity index (χ2v) is 9.43. The Labute approximate surface area is 163 Å². The van der Waals surface area contributed by atoms with Crippen molar-refractivity contribution in [2.45, 2.75) is 32.2 Å². The van der Waals surface area contributed by atoms with E-state index in [-0.39, 0.29) is 5.75 Å². The zero-order valence-electron chi connectivity index (χ0n) is 16.8. The average molecular weight is 399 g/mol. The van der Waals surface area contributed by atoms with Crippen LogP contribution < -0.4 is 26.0 Å². The van der Waals surface area contributed by atoms with Crippen molar-refractivity contribution in [2.24, 2.45) is 0 Å². The van der Waals surface area contributed by atoms with Crippen molar-refractivity contribution >= 4 is 21.2 Å². The van der Waals surface area contributed by atoms with Gasteiger partial charge in [-0.2, -0.15) is 0 Å². The summed E-state index contributed by atoms with van der Waals surface area (Å²) in [5.74, 6) is 0.929. The minimum atomic E-state index is -2.88. The molecule has 1 saturated heterocycles. The number of nitrogens with zero attached hydrogens (tertiary/aromatic N) is 1. The molecular formula is C19H34N4O3S. The first-order valence-electron chi connectivity index (χ1n) is 9.67. The number of piperidine rings is 1. The van der Waals surface area contributed by atoms with Crippen LogP contribution in [0.25, 0.3) is 0 Å². The summed E-state index contributed by atoms with van der Waals surface area (Å²) in [5, 5.41) is 6.74. The summed E-state index contributed by atoms with van der Waals surface area (Å²) < 4.78 is 27.6. The molecule has 0 bridgehead atoms. The van der Waals surface area contributed by atoms with Gasteiger partial charge in [-0.1, -0.05) is 6.92 Å². The number of hydrogen-bond acceptors (Lipinski definition) is 7. The summed E-state index contributed by atoms with van der Waals surface area (Å²) in [5.41, 5.74) is 9.23. The molecule has 0 spiro atoms. The third kappa shape index (κ3) is 6.86. The monoisotopic (exact) mass is 398 g/mol. The summed E-state index contributed by atoms with van der Waals surface area (Å²) in [4.78, 5) is 2.42. The highest BCUT2D eigenvalue weighted by Gasteiger charge is 2.21. The molecule has 4 N–H and O–H groups in total. The lowest BCUT2D eigenvalue weighted by atomic mass is 10.0. The van der Waals surface area contributed by atoms with Crippen molar-refractivity contribution in [3.8, 4) is 5.75 Å². The van der Waals surface area contributed by atoms with E-state index in [1.54, 1.807) is 7.11 Å². The molecule has 2 rings (SSSR count). The zero-order valence-corrected chi connectivity index (χ0v) is 17.6. The molecule has 1 heterocycles. The largest absolute Gasteiger partial charge is 0.495 e. The quantitative estimate of drug-likeness (QED) is 0.400. The minimum absolute atomic E-state index is 0.191. The zero-order chi connectivity index (χ0) is 19.9. The molecule has 0 saturated carbocycles. The number of benzene rings is 1. The lowest BCUT2D eigenvalue weighted by molar-refractivity contribution is 0.409. The van der Waals surface area contributed by atoms with Crippen LogP contribution >= 0.6 is 0 Å². The van der Waals surface area contributed by atoms with Crippen molar-refractivity contribution in [2.75, 3.05) is 62.5 Å². The predicted molar refractivity (Wildman–Crippen MR) is 113 cm³/mol. The molecule has 1 aliphatic rings. The molecule has 154 valence electrons. The Hall–Kier alpha value is -1.51. The molecule has 1 fully saturated rings. The third-order valence-electron chi connectivity index (χ3n) is 5.03. The lowest BCUT2D eigenvalue weighted by Crippen LogP contribution is -2.44. The first kappa shape index (κ1) is 21.8. The highest BCUT2D eigenvalue weighted by atomic mass is 32.2. The molecule has 0 aliphatic carbocycles. The standard InChI is InChI=1S/C19H34N4O3S/c1-4-15-13-17(20)19(26-2)14-18(15)23-10-5-16(6-11-23)22-8-7-21-9-12-27(3,24)25/h13-14,16,21-22H,4-12,20H2,1-3H3. The summed E-state index contributed by atoms with van der Waals surface area (Å²) in [6, 6.07) is 4.59. The normalized spacial score (nSPS) is 15.9. The van der Waals surface area contributed by atoms with Gasteiger partial charge in [-0.25, -0.2) is 8.42 Å². The van der Waals surface area contributed by atoms with E-state index < -0.39 is 9.84 Å². The first-order valence-corrected chi connectivity index (χ1v) is 11.7. The maximum absolute atomic E-state index is 11.1. The summed E-state index contributed by atoms with van der Waals surface area (Å²) in [6.07, 6.45) is 4.38. The molecule has 1 aromatic rings. The van der Waals surface area contributed by atoms with Crippen molar-refractivity contribution in [1.29, 1.82) is 0 Å². The Morgan fingerprint density at radius 2 is 1.93 bits per heavy atom. The average Bonchev–Trinajstić information content (AvgIpc) is 2.64. The van der Waals surface area contributed by atoms with Crippen molar-refractivity contribution in [3.05, 3.63) is 17.7 Å². The van der Waals surface area contributed by atoms with Gasteiger partial charge in [0.05, 0.1) is 18.6 Å². The highest BCUT2D eigenvalue weighted by Crippen LogP contribution is 2.33. The number of rotatable bonds is 10. The van der Waals surface area contributed by atoms with Crippen molar-refractivity contribution < 1.29 is 13.2 Å². The van der Waals surface area contributed by atoms with Crippen LogP contribution in [-0.4, -0.2) is 66.3 Å². The number of nitrogens with two attached hydrogens (primary N) is 1. The van der Waals surface area contributed by atoms with E-state index in [1.165, 1.54) is 17.5 Å². The van der Waals surface area contributed by atoms with Gasteiger partial charge in [0.25, 0.3) is 0 Å². The molecule has 8 heteroatoms. The molecule has 7 nitrogen and oxygen atoms in total. The van der Waals surface area contributed by atoms with Gasteiger partial charge in [0, 0.05) is 56.8 Å². The van der Waals surface area contributed by atoms with E-state index in [0.717, 1.165) is 51.2 Å². The van der Waals surface area contributed by atoms with E-state index in [1.807, 2.05) is 6.07 Å². The van der Waals surface area contributed by atoms with Gasteiger partial charge in [0.2, 0.25) is 0 Å².